The normalized spacial score (nSPS) is 16.7. The van der Waals surface area contributed by atoms with E-state index in [4.69, 9.17) is 0 Å². The molecule has 5 heteroatoms. The molecule has 2 aliphatic rings. The summed E-state index contributed by atoms with van der Waals surface area (Å²) in [5.41, 5.74) is 4.47. The minimum absolute atomic E-state index is 0.0383. The van der Waals surface area contributed by atoms with Crippen LogP contribution in [0.15, 0.2) is 48.5 Å². The molecule has 0 aliphatic carbocycles. The molecule has 2 aromatic rings. The Bertz CT molecular complexity index is 776. The first kappa shape index (κ1) is 19.6. The van der Waals surface area contributed by atoms with E-state index in [1.807, 2.05) is 12.1 Å². The molecule has 2 aliphatic heterocycles. The zero-order valence-electron chi connectivity index (χ0n) is 17.2. The second kappa shape index (κ2) is 9.68. The van der Waals surface area contributed by atoms with Crippen molar-refractivity contribution in [3.8, 4) is 0 Å². The maximum atomic E-state index is 12.2. The lowest BCUT2D eigenvalue weighted by Gasteiger charge is -2.28. The van der Waals surface area contributed by atoms with Crippen LogP contribution < -0.4 is 20.4 Å². The first-order chi connectivity index (χ1) is 14.3. The van der Waals surface area contributed by atoms with Crippen LogP contribution in [0.5, 0.6) is 0 Å². The quantitative estimate of drug-likeness (QED) is 0.716. The summed E-state index contributed by atoms with van der Waals surface area (Å²) < 4.78 is 0. The highest BCUT2D eigenvalue weighted by Crippen LogP contribution is 2.23. The Kier molecular flexibility index (Phi) is 6.55. The zero-order valence-corrected chi connectivity index (χ0v) is 17.2. The number of carbonyl (C=O) groups excluding carboxylic acids is 1. The number of nitrogens with one attached hydrogen (secondary N) is 2. The number of piperidine rings is 1. The van der Waals surface area contributed by atoms with Gasteiger partial charge in [0.15, 0.2) is 0 Å². The maximum Gasteiger partial charge on any atom is 0.226 e. The number of anilines is 4. The van der Waals surface area contributed by atoms with Crippen molar-refractivity contribution >= 4 is 28.7 Å². The smallest absolute Gasteiger partial charge is 0.226 e. The van der Waals surface area contributed by atoms with Crippen LogP contribution in [0.3, 0.4) is 0 Å². The van der Waals surface area contributed by atoms with Crippen LogP contribution in [0.4, 0.5) is 22.7 Å². The van der Waals surface area contributed by atoms with Crippen LogP contribution in [0.25, 0.3) is 0 Å². The second-order valence-electron chi connectivity index (χ2n) is 8.06. The van der Waals surface area contributed by atoms with Gasteiger partial charge in [-0.05, 0) is 80.6 Å². The molecule has 5 nitrogen and oxygen atoms in total. The Morgan fingerprint density at radius 2 is 1.17 bits per heavy atom. The summed E-state index contributed by atoms with van der Waals surface area (Å²) in [5, 5.41) is 6.35. The van der Waals surface area contributed by atoms with Crippen LogP contribution in [0.2, 0.25) is 0 Å². The first-order valence-electron chi connectivity index (χ1n) is 11.0. The van der Waals surface area contributed by atoms with Crippen molar-refractivity contribution in [2.45, 2.75) is 38.5 Å². The minimum atomic E-state index is 0.0383. The third kappa shape index (κ3) is 5.43. The van der Waals surface area contributed by atoms with E-state index in [0.29, 0.717) is 13.0 Å². The molecule has 2 saturated heterocycles. The molecule has 4 rings (SSSR count). The SMILES string of the molecule is O=C(CCNc1ccc(N2CCCCC2)cc1)Nc1ccc(N2CCCC2)cc1. The van der Waals surface area contributed by atoms with Gasteiger partial charge in [-0.15, -0.1) is 0 Å². The summed E-state index contributed by atoms with van der Waals surface area (Å²) >= 11 is 0. The average Bonchev–Trinajstić information content (AvgIpc) is 3.30. The predicted octanol–water partition coefficient (Wildman–Crippen LogP) is 4.72. The van der Waals surface area contributed by atoms with Crippen LogP contribution in [-0.4, -0.2) is 38.6 Å². The molecule has 0 unspecified atom stereocenters. The van der Waals surface area contributed by atoms with Gasteiger partial charge in [0.05, 0.1) is 0 Å². The van der Waals surface area contributed by atoms with Gasteiger partial charge in [-0.3, -0.25) is 4.79 Å². The van der Waals surface area contributed by atoms with E-state index in [-0.39, 0.29) is 5.91 Å². The highest BCUT2D eigenvalue weighted by Gasteiger charge is 2.12. The molecule has 0 aromatic heterocycles. The molecular formula is C24H32N4O. The van der Waals surface area contributed by atoms with Crippen molar-refractivity contribution in [3.05, 3.63) is 48.5 Å². The topological polar surface area (TPSA) is 47.6 Å². The largest absolute Gasteiger partial charge is 0.385 e. The Morgan fingerprint density at radius 3 is 1.72 bits per heavy atom. The van der Waals surface area contributed by atoms with E-state index in [2.05, 4.69) is 56.8 Å². The Hall–Kier alpha value is -2.69. The number of rotatable bonds is 7. The minimum Gasteiger partial charge on any atom is -0.385 e. The van der Waals surface area contributed by atoms with Crippen molar-refractivity contribution in [2.24, 2.45) is 0 Å². The van der Waals surface area contributed by atoms with E-state index in [0.717, 1.165) is 37.6 Å². The molecule has 0 atom stereocenters. The van der Waals surface area contributed by atoms with Crippen LogP contribution >= 0.6 is 0 Å². The van der Waals surface area contributed by atoms with Gasteiger partial charge in [0, 0.05) is 61.9 Å². The molecule has 1 amide bonds. The average molecular weight is 393 g/mol. The lowest BCUT2D eigenvalue weighted by atomic mass is 10.1. The summed E-state index contributed by atoms with van der Waals surface area (Å²) in [7, 11) is 0. The second-order valence-corrected chi connectivity index (χ2v) is 8.06. The fourth-order valence-electron chi connectivity index (χ4n) is 4.22. The summed E-state index contributed by atoms with van der Waals surface area (Å²) in [6.07, 6.45) is 6.91. The molecular weight excluding hydrogens is 360 g/mol. The number of nitrogens with zero attached hydrogens (tertiary/aromatic N) is 2. The summed E-state index contributed by atoms with van der Waals surface area (Å²) in [4.78, 5) is 17.1. The van der Waals surface area contributed by atoms with E-state index >= 15 is 0 Å². The molecule has 0 radical (unpaired) electrons. The molecule has 0 saturated carbocycles. The number of benzene rings is 2. The Labute approximate surface area is 174 Å². The Morgan fingerprint density at radius 1 is 0.690 bits per heavy atom. The van der Waals surface area contributed by atoms with Crippen LogP contribution in [0.1, 0.15) is 38.5 Å². The van der Waals surface area contributed by atoms with Gasteiger partial charge >= 0.3 is 0 Å². The summed E-state index contributed by atoms with van der Waals surface area (Å²) in [6.45, 7) is 5.21. The molecule has 2 N–H and O–H groups in total. The molecule has 29 heavy (non-hydrogen) atoms. The van der Waals surface area contributed by atoms with Crippen molar-refractivity contribution in [1.29, 1.82) is 0 Å². The predicted molar refractivity (Wildman–Crippen MR) is 122 cm³/mol. The molecule has 154 valence electrons. The maximum absolute atomic E-state index is 12.2. The molecule has 2 heterocycles. The van der Waals surface area contributed by atoms with Crippen molar-refractivity contribution in [2.75, 3.05) is 53.2 Å². The standard InChI is InChI=1S/C24H32N4O/c29-24(26-21-8-12-23(13-9-21)28-18-4-5-19-28)14-15-25-20-6-10-22(11-7-20)27-16-2-1-3-17-27/h6-13,25H,1-5,14-19H2,(H,26,29). The monoisotopic (exact) mass is 392 g/mol. The molecule has 2 aromatic carbocycles. The number of amides is 1. The Balaban J connectivity index is 1.19. The summed E-state index contributed by atoms with van der Waals surface area (Å²) in [5.74, 6) is 0.0383. The lowest BCUT2D eigenvalue weighted by Crippen LogP contribution is -2.29. The fraction of sp³-hybridized carbons (Fsp3) is 0.458. The van der Waals surface area contributed by atoms with E-state index < -0.39 is 0 Å². The van der Waals surface area contributed by atoms with E-state index in [1.165, 1.54) is 43.5 Å². The summed E-state index contributed by atoms with van der Waals surface area (Å²) in [6, 6.07) is 16.8. The van der Waals surface area contributed by atoms with Gasteiger partial charge in [-0.2, -0.15) is 0 Å². The molecule has 0 bridgehead atoms. The van der Waals surface area contributed by atoms with Gasteiger partial charge in [-0.25, -0.2) is 0 Å². The third-order valence-electron chi connectivity index (χ3n) is 5.89. The van der Waals surface area contributed by atoms with Gasteiger partial charge in [0.25, 0.3) is 0 Å². The van der Waals surface area contributed by atoms with Gasteiger partial charge in [-0.1, -0.05) is 0 Å². The van der Waals surface area contributed by atoms with Crippen molar-refractivity contribution in [1.82, 2.24) is 0 Å². The van der Waals surface area contributed by atoms with Gasteiger partial charge in [0.2, 0.25) is 5.91 Å². The number of hydrogen-bond donors (Lipinski definition) is 2. The highest BCUT2D eigenvalue weighted by molar-refractivity contribution is 5.91. The van der Waals surface area contributed by atoms with Crippen LogP contribution in [-0.2, 0) is 4.79 Å². The number of carbonyl (C=O) groups is 1. The molecule has 2 fully saturated rings. The van der Waals surface area contributed by atoms with Gasteiger partial charge in [0.1, 0.15) is 0 Å². The van der Waals surface area contributed by atoms with Crippen molar-refractivity contribution in [3.63, 3.8) is 0 Å². The lowest BCUT2D eigenvalue weighted by molar-refractivity contribution is -0.115. The first-order valence-corrected chi connectivity index (χ1v) is 11.0. The third-order valence-corrected chi connectivity index (χ3v) is 5.89. The van der Waals surface area contributed by atoms with Gasteiger partial charge < -0.3 is 20.4 Å². The zero-order chi connectivity index (χ0) is 19.9. The van der Waals surface area contributed by atoms with E-state index in [9.17, 15) is 4.79 Å². The van der Waals surface area contributed by atoms with Crippen molar-refractivity contribution < 1.29 is 4.79 Å². The number of hydrogen-bond acceptors (Lipinski definition) is 4. The highest BCUT2D eigenvalue weighted by atomic mass is 16.1. The fourth-order valence-corrected chi connectivity index (χ4v) is 4.22. The molecule has 0 spiro atoms. The van der Waals surface area contributed by atoms with Crippen LogP contribution in [0, 0.1) is 0 Å². The van der Waals surface area contributed by atoms with E-state index in [1.54, 1.807) is 0 Å².